The molecule has 1 nitrogen and oxygen atoms in total. The minimum absolute atomic E-state index is 0. The minimum Gasteiger partial charge on any atom is -1.00 e. The van der Waals surface area contributed by atoms with Crippen LogP contribution in [0.15, 0.2) is 0 Å². The summed E-state index contributed by atoms with van der Waals surface area (Å²) >= 11 is 0. The fourth-order valence-corrected chi connectivity index (χ4v) is 6.46. The van der Waals surface area contributed by atoms with E-state index in [1.165, 1.54) is 229 Å². The van der Waals surface area contributed by atoms with Gasteiger partial charge in [0.25, 0.3) is 0 Å². The maximum Gasteiger partial charge on any atom is 0.0782 e. The molecule has 250 valence electrons. The van der Waals surface area contributed by atoms with Gasteiger partial charge >= 0.3 is 0 Å². The first-order chi connectivity index (χ1) is 19.6. The highest BCUT2D eigenvalue weighted by Crippen LogP contribution is 2.16. The molecule has 0 atom stereocenters. The van der Waals surface area contributed by atoms with Crippen LogP contribution >= 0.6 is 0 Å². The molecule has 0 heterocycles. The summed E-state index contributed by atoms with van der Waals surface area (Å²) in [6.45, 7) is 7.39. The van der Waals surface area contributed by atoms with E-state index in [4.69, 9.17) is 0 Å². The second-order valence-corrected chi connectivity index (χ2v) is 14.3. The van der Waals surface area contributed by atoms with Crippen LogP contribution in [-0.2, 0) is 0 Å². The predicted molar refractivity (Wildman–Crippen MR) is 186 cm³/mol. The van der Waals surface area contributed by atoms with Gasteiger partial charge in [0.2, 0.25) is 0 Å². The molecule has 0 aromatic rings. The summed E-state index contributed by atoms with van der Waals surface area (Å²) in [6.07, 6.45) is 48.4. The Labute approximate surface area is 269 Å². The van der Waals surface area contributed by atoms with Crippen LogP contribution in [0.2, 0.25) is 0 Å². The van der Waals surface area contributed by atoms with Crippen LogP contribution in [0.1, 0.15) is 226 Å². The summed E-state index contributed by atoms with van der Waals surface area (Å²) in [5.74, 6) is 0. The fourth-order valence-electron chi connectivity index (χ4n) is 6.46. The zero-order valence-electron chi connectivity index (χ0n) is 29.6. The van der Waals surface area contributed by atoms with Crippen molar-refractivity contribution in [3.05, 3.63) is 0 Å². The van der Waals surface area contributed by atoms with E-state index in [-0.39, 0.29) is 12.4 Å². The first kappa shape index (κ1) is 43.4. The number of quaternary nitrogens is 1. The van der Waals surface area contributed by atoms with Gasteiger partial charge in [-0.25, -0.2) is 0 Å². The predicted octanol–water partition coefficient (Wildman–Crippen LogP) is 11.0. The average Bonchev–Trinajstić information content (AvgIpc) is 2.94. The van der Waals surface area contributed by atoms with Gasteiger partial charge in [0.1, 0.15) is 0 Å². The van der Waals surface area contributed by atoms with E-state index in [1.807, 2.05) is 0 Å². The maximum atomic E-state index is 2.47. The van der Waals surface area contributed by atoms with Crippen molar-refractivity contribution >= 4 is 0 Å². The average molecular weight is 601 g/mol. The lowest BCUT2D eigenvalue weighted by molar-refractivity contribution is -0.890. The molecule has 0 aromatic carbocycles. The Kier molecular flexibility index (Phi) is 38.6. The Morgan fingerprint density at radius 2 is 0.390 bits per heavy atom. The molecule has 2 heteroatoms. The molecular weight excluding hydrogens is 518 g/mol. The molecule has 0 spiro atoms. The van der Waals surface area contributed by atoms with Crippen molar-refractivity contribution in [2.45, 2.75) is 226 Å². The summed E-state index contributed by atoms with van der Waals surface area (Å²) in [5, 5.41) is 0. The molecule has 0 aliphatic heterocycles. The molecule has 41 heavy (non-hydrogen) atoms. The number of hydrogen-bond donors (Lipinski definition) is 0. The van der Waals surface area contributed by atoms with Gasteiger partial charge in [0.05, 0.1) is 27.2 Å². The quantitative estimate of drug-likeness (QED) is 0.0502. The van der Waals surface area contributed by atoms with Gasteiger partial charge in [-0.15, -0.1) is 0 Å². The van der Waals surface area contributed by atoms with Gasteiger partial charge in [-0.3, -0.25) is 0 Å². The van der Waals surface area contributed by atoms with Crippen molar-refractivity contribution in [1.82, 2.24) is 0 Å². The molecule has 0 bridgehead atoms. The van der Waals surface area contributed by atoms with Crippen LogP contribution in [0.25, 0.3) is 0 Å². The number of hydrogen-bond acceptors (Lipinski definition) is 0. The van der Waals surface area contributed by atoms with Gasteiger partial charge < -0.3 is 16.9 Å². The zero-order valence-corrected chi connectivity index (χ0v) is 30.3. The minimum atomic E-state index is 0. The van der Waals surface area contributed by atoms with Crippen molar-refractivity contribution in [2.75, 3.05) is 27.2 Å². The van der Waals surface area contributed by atoms with Gasteiger partial charge in [0, 0.05) is 0 Å². The van der Waals surface area contributed by atoms with Gasteiger partial charge in [-0.05, 0) is 25.7 Å². The van der Waals surface area contributed by atoms with E-state index in [0.717, 1.165) is 0 Å². The monoisotopic (exact) mass is 600 g/mol. The SMILES string of the molecule is CCCCCCCCCCCCCCCCCCC[N+](C)(C)CCCCCCCCCCCCCCCCCC.[Cl-]. The van der Waals surface area contributed by atoms with Gasteiger partial charge in [-0.2, -0.15) is 0 Å². The highest BCUT2D eigenvalue weighted by molar-refractivity contribution is 4.52. The first-order valence-corrected chi connectivity index (χ1v) is 19.4. The Bertz CT molecular complexity index is 449. The third kappa shape index (κ3) is 38.2. The van der Waals surface area contributed by atoms with Crippen LogP contribution in [0.5, 0.6) is 0 Å². The smallest absolute Gasteiger partial charge is 0.0782 e. The molecule has 0 amide bonds. The van der Waals surface area contributed by atoms with Crippen LogP contribution < -0.4 is 12.4 Å². The van der Waals surface area contributed by atoms with E-state index in [1.54, 1.807) is 0 Å². The highest BCUT2D eigenvalue weighted by Gasteiger charge is 2.13. The topological polar surface area (TPSA) is 0 Å². The second-order valence-electron chi connectivity index (χ2n) is 14.3. The molecule has 0 radical (unpaired) electrons. The fraction of sp³-hybridized carbons (Fsp3) is 1.00. The normalized spacial score (nSPS) is 11.7. The molecule has 0 N–H and O–H groups in total. The Morgan fingerprint density at radius 1 is 0.244 bits per heavy atom. The summed E-state index contributed by atoms with van der Waals surface area (Å²) in [5.41, 5.74) is 0. The molecule has 0 aromatic heterocycles. The maximum absolute atomic E-state index is 2.47. The first-order valence-electron chi connectivity index (χ1n) is 19.4. The molecule has 0 aliphatic carbocycles. The summed E-state index contributed by atoms with van der Waals surface area (Å²) in [6, 6.07) is 0. The van der Waals surface area contributed by atoms with Crippen molar-refractivity contribution < 1.29 is 16.9 Å². The standard InChI is InChI=1S/C39H82N.ClH/c1-5-7-9-11-13-15-17-19-21-23-25-27-29-31-33-35-37-39-40(3,4)38-36-34-32-30-28-26-24-22-20-18-16-14-12-10-8-6-2;/h5-39H2,1-4H3;1H/q+1;/p-1. The third-order valence-corrected chi connectivity index (χ3v) is 9.48. The molecule has 0 rings (SSSR count). The van der Waals surface area contributed by atoms with Gasteiger partial charge in [0.15, 0.2) is 0 Å². The number of halogens is 1. The largest absolute Gasteiger partial charge is 1.00 e. The molecule has 0 unspecified atom stereocenters. The Hall–Kier alpha value is 0.250. The summed E-state index contributed by atoms with van der Waals surface area (Å²) in [7, 11) is 4.94. The van der Waals surface area contributed by atoms with E-state index in [9.17, 15) is 0 Å². The van der Waals surface area contributed by atoms with E-state index in [0.29, 0.717) is 0 Å². The number of nitrogens with zero attached hydrogens (tertiary/aromatic N) is 1. The van der Waals surface area contributed by atoms with Crippen LogP contribution in [0, 0.1) is 0 Å². The van der Waals surface area contributed by atoms with E-state index >= 15 is 0 Å². The summed E-state index contributed by atoms with van der Waals surface area (Å²) < 4.78 is 1.25. The zero-order chi connectivity index (χ0) is 29.2. The van der Waals surface area contributed by atoms with Crippen molar-refractivity contribution in [1.29, 1.82) is 0 Å². The van der Waals surface area contributed by atoms with Crippen LogP contribution in [0.3, 0.4) is 0 Å². The molecule has 0 saturated carbocycles. The molecule has 0 aliphatic rings. The number of unbranched alkanes of at least 4 members (excludes halogenated alkanes) is 31. The summed E-state index contributed by atoms with van der Waals surface area (Å²) in [4.78, 5) is 0. The molecular formula is C39H82ClN. The Balaban J connectivity index is 0. The molecule has 0 fully saturated rings. The van der Waals surface area contributed by atoms with Crippen molar-refractivity contribution in [2.24, 2.45) is 0 Å². The Morgan fingerprint density at radius 3 is 0.561 bits per heavy atom. The van der Waals surface area contributed by atoms with Crippen molar-refractivity contribution in [3.8, 4) is 0 Å². The lowest BCUT2D eigenvalue weighted by Crippen LogP contribution is -3.00. The molecule has 0 saturated heterocycles. The van der Waals surface area contributed by atoms with E-state index in [2.05, 4.69) is 27.9 Å². The van der Waals surface area contributed by atoms with Crippen molar-refractivity contribution in [3.63, 3.8) is 0 Å². The lowest BCUT2D eigenvalue weighted by Gasteiger charge is -2.30. The lowest BCUT2D eigenvalue weighted by atomic mass is 10.0. The van der Waals surface area contributed by atoms with E-state index < -0.39 is 0 Å². The van der Waals surface area contributed by atoms with Gasteiger partial charge in [-0.1, -0.05) is 200 Å². The second kappa shape index (κ2) is 36.4. The number of rotatable bonds is 35. The van der Waals surface area contributed by atoms with Crippen LogP contribution in [0.4, 0.5) is 0 Å². The van der Waals surface area contributed by atoms with Crippen LogP contribution in [-0.4, -0.2) is 31.7 Å². The highest BCUT2D eigenvalue weighted by atomic mass is 35.5. The third-order valence-electron chi connectivity index (χ3n) is 9.48.